The maximum Gasteiger partial charge on any atom is 0.336 e. The summed E-state index contributed by atoms with van der Waals surface area (Å²) >= 11 is 0. The van der Waals surface area contributed by atoms with E-state index in [9.17, 15) is 19.8 Å². The summed E-state index contributed by atoms with van der Waals surface area (Å²) in [7, 11) is 0. The number of hydrogen-bond donors (Lipinski definition) is 1. The lowest BCUT2D eigenvalue weighted by molar-refractivity contribution is -0.140. The maximum atomic E-state index is 13.6. The molecule has 1 aliphatic rings. The number of benzene rings is 2. The fraction of sp³-hybridized carbons (Fsp3) is 0.296. The summed E-state index contributed by atoms with van der Waals surface area (Å²) in [5.74, 6) is -1.71. The van der Waals surface area contributed by atoms with Crippen molar-refractivity contribution in [3.05, 3.63) is 92.9 Å². The van der Waals surface area contributed by atoms with Gasteiger partial charge in [-0.1, -0.05) is 48.0 Å². The van der Waals surface area contributed by atoms with Crippen molar-refractivity contribution in [3.63, 3.8) is 0 Å². The van der Waals surface area contributed by atoms with E-state index in [1.165, 1.54) is 19.1 Å². The van der Waals surface area contributed by atoms with Gasteiger partial charge in [0.25, 0.3) is 0 Å². The van der Waals surface area contributed by atoms with Crippen LogP contribution < -0.4 is 0 Å². The van der Waals surface area contributed by atoms with Crippen LogP contribution >= 0.6 is 0 Å². The second kappa shape index (κ2) is 11.3. The number of nitroso groups, excluding NO2 is 1. The van der Waals surface area contributed by atoms with E-state index in [2.05, 4.69) is 5.18 Å². The number of Topliss-reactive ketones (excluding diaryl/α,β-unsaturated/α-hetero) is 1. The molecule has 1 aliphatic carbocycles. The quantitative estimate of drug-likeness (QED) is 0.257. The number of rotatable bonds is 8. The second-order valence-electron chi connectivity index (χ2n) is 8.26. The summed E-state index contributed by atoms with van der Waals surface area (Å²) in [5, 5.41) is 21.7. The number of hydrogen-bond acceptors (Lipinski definition) is 7. The van der Waals surface area contributed by atoms with Gasteiger partial charge in [0.05, 0.1) is 18.2 Å². The number of allylic oxidation sites excluding steroid dienone is 3. The van der Waals surface area contributed by atoms with Crippen LogP contribution in [0.2, 0.25) is 0 Å². The van der Waals surface area contributed by atoms with Crippen molar-refractivity contribution in [3.8, 4) is 6.07 Å². The first-order chi connectivity index (χ1) is 16.4. The minimum Gasteiger partial charge on any atom is -0.460 e. The molecule has 0 saturated carbocycles. The largest absolute Gasteiger partial charge is 0.460 e. The Morgan fingerprint density at radius 3 is 2.41 bits per heavy atom. The first-order valence-corrected chi connectivity index (χ1v) is 11.0. The minimum atomic E-state index is -0.851. The molecule has 0 aliphatic heterocycles. The fourth-order valence-corrected chi connectivity index (χ4v) is 4.46. The van der Waals surface area contributed by atoms with Gasteiger partial charge in [-0.3, -0.25) is 4.79 Å². The van der Waals surface area contributed by atoms with Crippen molar-refractivity contribution in [2.75, 3.05) is 13.2 Å². The molecule has 0 radical (unpaired) electrons. The molecule has 0 aromatic heterocycles. The topological polar surface area (TPSA) is 117 Å². The van der Waals surface area contributed by atoms with Crippen LogP contribution in [0.25, 0.3) is 0 Å². The average molecular weight is 459 g/mol. The van der Waals surface area contributed by atoms with Crippen LogP contribution in [-0.2, 0) is 14.3 Å². The highest BCUT2D eigenvalue weighted by molar-refractivity contribution is 6.03. The summed E-state index contributed by atoms with van der Waals surface area (Å²) < 4.78 is 5.18. The molecule has 174 valence electrons. The van der Waals surface area contributed by atoms with Gasteiger partial charge in [-0.05, 0) is 54.6 Å². The van der Waals surface area contributed by atoms with Crippen molar-refractivity contribution in [1.29, 1.82) is 5.26 Å². The molecule has 0 bridgehead atoms. The van der Waals surface area contributed by atoms with E-state index in [0.29, 0.717) is 17.6 Å². The van der Waals surface area contributed by atoms with Gasteiger partial charge in [0.2, 0.25) is 0 Å². The molecule has 34 heavy (non-hydrogen) atoms. The number of esters is 1. The highest BCUT2D eigenvalue weighted by atomic mass is 16.5. The lowest BCUT2D eigenvalue weighted by Crippen LogP contribution is -2.27. The molecule has 2 aromatic carbocycles. The molecule has 0 fully saturated rings. The molecular weight excluding hydrogens is 432 g/mol. The van der Waals surface area contributed by atoms with Gasteiger partial charge in [-0.25, -0.2) is 4.79 Å². The van der Waals surface area contributed by atoms with E-state index in [4.69, 9.17) is 9.84 Å². The molecular formula is C27H26N2O5. The van der Waals surface area contributed by atoms with Crippen LogP contribution in [0, 0.1) is 16.2 Å². The van der Waals surface area contributed by atoms with Gasteiger partial charge in [0.15, 0.2) is 5.78 Å². The summed E-state index contributed by atoms with van der Waals surface area (Å²) in [6, 6.07) is 18.1. The van der Waals surface area contributed by atoms with Crippen LogP contribution in [-0.4, -0.2) is 30.1 Å². The Morgan fingerprint density at radius 2 is 1.85 bits per heavy atom. The predicted octanol–water partition coefficient (Wildman–Crippen LogP) is 5.01. The summed E-state index contributed by atoms with van der Waals surface area (Å²) in [5.41, 5.74) is 3.28. The number of aliphatic hydroxyl groups excluding tert-OH is 1. The number of aliphatic hydroxyl groups is 1. The van der Waals surface area contributed by atoms with Crippen molar-refractivity contribution in [2.45, 2.75) is 38.5 Å². The lowest BCUT2D eigenvalue weighted by atomic mass is 9.71. The van der Waals surface area contributed by atoms with Gasteiger partial charge < -0.3 is 9.84 Å². The zero-order valence-electron chi connectivity index (χ0n) is 19.2. The Kier molecular flexibility index (Phi) is 8.23. The maximum absolute atomic E-state index is 13.6. The van der Waals surface area contributed by atoms with Crippen molar-refractivity contribution in [1.82, 2.24) is 0 Å². The first-order valence-electron chi connectivity index (χ1n) is 11.0. The van der Waals surface area contributed by atoms with Crippen LogP contribution in [0.1, 0.15) is 49.7 Å². The van der Waals surface area contributed by atoms with E-state index >= 15 is 0 Å². The molecule has 0 saturated heterocycles. The molecule has 7 heteroatoms. The highest BCUT2D eigenvalue weighted by Crippen LogP contribution is 2.44. The molecule has 2 atom stereocenters. The predicted molar refractivity (Wildman–Crippen MR) is 127 cm³/mol. The minimum absolute atomic E-state index is 0.0190. The molecule has 3 rings (SSSR count). The Labute approximate surface area is 198 Å². The molecule has 0 heterocycles. The van der Waals surface area contributed by atoms with Gasteiger partial charge in [0, 0.05) is 23.5 Å². The van der Waals surface area contributed by atoms with Gasteiger partial charge >= 0.3 is 5.97 Å². The molecule has 2 aromatic rings. The standard InChI is InChI=1S/C27H26N2O5/c1-17-14-21(19-6-4-3-5-7-19)15-23(31)24(17)26(20-8-10-22(29-33)11-9-20)25(18(2)16-28)27(32)34-13-12-30/h3-11,21,26,30H,12-15H2,1-2H3/b25-18-. The number of ether oxygens (including phenoxy) is 1. The smallest absolute Gasteiger partial charge is 0.336 e. The van der Waals surface area contributed by atoms with Crippen LogP contribution in [0.3, 0.4) is 0 Å². The molecule has 0 spiro atoms. The van der Waals surface area contributed by atoms with E-state index in [1.54, 1.807) is 12.1 Å². The lowest BCUT2D eigenvalue weighted by Gasteiger charge is -2.31. The van der Waals surface area contributed by atoms with E-state index in [1.807, 2.05) is 43.3 Å². The average Bonchev–Trinajstić information content (AvgIpc) is 2.86. The fourth-order valence-electron chi connectivity index (χ4n) is 4.46. The van der Waals surface area contributed by atoms with Crippen LogP contribution in [0.15, 0.2) is 82.1 Å². The van der Waals surface area contributed by atoms with Gasteiger partial charge in [-0.2, -0.15) is 5.26 Å². The van der Waals surface area contributed by atoms with Gasteiger partial charge in [-0.15, -0.1) is 4.91 Å². The molecule has 1 N–H and O–H groups in total. The number of carbonyl (C=O) groups excluding carboxylic acids is 2. The Bertz CT molecular complexity index is 1170. The summed E-state index contributed by atoms with van der Waals surface area (Å²) in [4.78, 5) is 37.5. The Hall–Kier alpha value is -3.89. The first kappa shape index (κ1) is 24.7. The number of ketones is 1. The zero-order chi connectivity index (χ0) is 24.7. The summed E-state index contributed by atoms with van der Waals surface area (Å²) in [6.07, 6.45) is 0.895. The van der Waals surface area contributed by atoms with Crippen molar-refractivity contribution < 1.29 is 19.4 Å². The monoisotopic (exact) mass is 458 g/mol. The second-order valence-corrected chi connectivity index (χ2v) is 8.26. The van der Waals surface area contributed by atoms with Crippen LogP contribution in [0.5, 0.6) is 0 Å². The molecule has 2 unspecified atom stereocenters. The third-order valence-electron chi connectivity index (χ3n) is 6.04. The van der Waals surface area contributed by atoms with Crippen molar-refractivity contribution in [2.24, 2.45) is 5.18 Å². The van der Waals surface area contributed by atoms with Crippen molar-refractivity contribution >= 4 is 17.4 Å². The number of carbonyl (C=O) groups is 2. The zero-order valence-corrected chi connectivity index (χ0v) is 19.2. The third-order valence-corrected chi connectivity index (χ3v) is 6.04. The van der Waals surface area contributed by atoms with E-state index in [0.717, 1.165) is 11.1 Å². The normalized spacial score (nSPS) is 17.5. The Morgan fingerprint density at radius 1 is 1.18 bits per heavy atom. The molecule has 7 nitrogen and oxygen atoms in total. The SMILES string of the molecule is CC1=C(C(/C(C(=O)OCCO)=C(\C)C#N)c2ccc(N=O)cc2)C(=O)CC(c2ccccc2)C1. The van der Waals surface area contributed by atoms with Gasteiger partial charge in [0.1, 0.15) is 12.3 Å². The van der Waals surface area contributed by atoms with E-state index in [-0.39, 0.29) is 48.2 Å². The Balaban J connectivity index is 2.16. The molecule has 0 amide bonds. The highest BCUT2D eigenvalue weighted by Gasteiger charge is 2.37. The van der Waals surface area contributed by atoms with E-state index < -0.39 is 11.9 Å². The summed E-state index contributed by atoms with van der Waals surface area (Å²) in [6.45, 7) is 2.77. The van der Waals surface area contributed by atoms with Crippen LogP contribution in [0.4, 0.5) is 5.69 Å². The third kappa shape index (κ3) is 5.36. The number of nitriles is 1. The number of nitrogens with zero attached hydrogens (tertiary/aromatic N) is 2.